The van der Waals surface area contributed by atoms with Gasteiger partial charge in [-0.25, -0.2) is 4.90 Å². The standard InChI is InChI=1S/C23H17ClN2O2/c24-15-9-10-18-19(13-15)23(28)26(22(18)27)20-8-4-7-17-16(11-12-25-21(17)20)14-5-2-1-3-6-14/h1-9,11-12,18-19H,10,13H2/t18-,19-/m0/s1. The Hall–Kier alpha value is -2.98. The predicted molar refractivity (Wildman–Crippen MR) is 110 cm³/mol. The van der Waals surface area contributed by atoms with Crippen LogP contribution in [0.3, 0.4) is 0 Å². The normalized spacial score (nSPS) is 21.8. The number of fused-ring (bicyclic) bond motifs is 2. The molecule has 4 nitrogen and oxygen atoms in total. The lowest BCUT2D eigenvalue weighted by atomic mass is 9.85. The van der Waals surface area contributed by atoms with Gasteiger partial charge < -0.3 is 0 Å². The second-order valence-electron chi connectivity index (χ2n) is 7.21. The molecule has 0 bridgehead atoms. The van der Waals surface area contributed by atoms with Crippen molar-refractivity contribution in [3.05, 3.63) is 71.9 Å². The molecule has 28 heavy (non-hydrogen) atoms. The van der Waals surface area contributed by atoms with E-state index in [1.54, 1.807) is 12.3 Å². The first-order valence-corrected chi connectivity index (χ1v) is 9.68. The Morgan fingerprint density at radius 2 is 1.71 bits per heavy atom. The van der Waals surface area contributed by atoms with Crippen molar-refractivity contribution in [1.82, 2.24) is 4.98 Å². The lowest BCUT2D eigenvalue weighted by molar-refractivity contribution is -0.122. The highest BCUT2D eigenvalue weighted by Gasteiger charge is 2.49. The molecule has 2 amide bonds. The second kappa shape index (κ2) is 6.57. The number of imide groups is 1. The monoisotopic (exact) mass is 388 g/mol. The van der Waals surface area contributed by atoms with E-state index in [-0.39, 0.29) is 23.7 Å². The fourth-order valence-electron chi connectivity index (χ4n) is 4.28. The molecule has 1 aromatic heterocycles. The number of hydrogen-bond donors (Lipinski definition) is 0. The van der Waals surface area contributed by atoms with Crippen molar-refractivity contribution in [1.29, 1.82) is 0 Å². The number of benzene rings is 2. The number of aromatic nitrogens is 1. The average molecular weight is 389 g/mol. The van der Waals surface area contributed by atoms with Crippen LogP contribution in [0.5, 0.6) is 0 Å². The number of pyridine rings is 1. The summed E-state index contributed by atoms with van der Waals surface area (Å²) < 4.78 is 0. The lowest BCUT2D eigenvalue weighted by Gasteiger charge is -2.18. The Morgan fingerprint density at radius 3 is 2.54 bits per heavy atom. The molecule has 2 aromatic carbocycles. The Morgan fingerprint density at radius 1 is 0.929 bits per heavy atom. The van der Waals surface area contributed by atoms with Gasteiger partial charge in [-0.1, -0.05) is 60.1 Å². The fourth-order valence-corrected chi connectivity index (χ4v) is 4.53. The molecule has 3 aromatic rings. The van der Waals surface area contributed by atoms with Gasteiger partial charge in [0, 0.05) is 16.6 Å². The number of halogens is 1. The van der Waals surface area contributed by atoms with E-state index in [2.05, 4.69) is 4.98 Å². The van der Waals surface area contributed by atoms with Crippen LogP contribution >= 0.6 is 11.6 Å². The molecule has 0 unspecified atom stereocenters. The van der Waals surface area contributed by atoms with Gasteiger partial charge in [0.15, 0.2) is 0 Å². The highest BCUT2D eigenvalue weighted by molar-refractivity contribution is 6.31. The maximum absolute atomic E-state index is 13.1. The average Bonchev–Trinajstić information content (AvgIpc) is 2.97. The summed E-state index contributed by atoms with van der Waals surface area (Å²) >= 11 is 6.14. The van der Waals surface area contributed by atoms with E-state index in [0.717, 1.165) is 16.5 Å². The zero-order valence-corrected chi connectivity index (χ0v) is 15.8. The number of carbonyl (C=O) groups excluding carboxylic acids is 2. The maximum Gasteiger partial charge on any atom is 0.238 e. The van der Waals surface area contributed by atoms with Crippen molar-refractivity contribution in [3.8, 4) is 11.1 Å². The van der Waals surface area contributed by atoms with E-state index in [9.17, 15) is 9.59 Å². The number of rotatable bonds is 2. The molecule has 0 saturated carbocycles. The van der Waals surface area contributed by atoms with Gasteiger partial charge in [-0.05, 0) is 36.1 Å². The van der Waals surface area contributed by atoms with Gasteiger partial charge in [0.25, 0.3) is 0 Å². The highest BCUT2D eigenvalue weighted by atomic mass is 35.5. The summed E-state index contributed by atoms with van der Waals surface area (Å²) in [7, 11) is 0. The number of hydrogen-bond acceptors (Lipinski definition) is 3. The first-order valence-electron chi connectivity index (χ1n) is 9.30. The van der Waals surface area contributed by atoms with Crippen LogP contribution in [0.2, 0.25) is 0 Å². The molecule has 5 rings (SSSR count). The molecule has 1 aliphatic carbocycles. The number of allylic oxidation sites excluding steroid dienone is 2. The van der Waals surface area contributed by atoms with E-state index >= 15 is 0 Å². The van der Waals surface area contributed by atoms with Crippen LogP contribution in [0, 0.1) is 11.8 Å². The van der Waals surface area contributed by atoms with E-state index in [0.29, 0.717) is 29.1 Å². The minimum absolute atomic E-state index is 0.158. The quantitative estimate of drug-likeness (QED) is 0.585. The fraction of sp³-hybridized carbons (Fsp3) is 0.174. The number of carbonyl (C=O) groups is 2. The van der Waals surface area contributed by atoms with Crippen LogP contribution in [0.1, 0.15) is 12.8 Å². The van der Waals surface area contributed by atoms with Gasteiger partial charge in [0.1, 0.15) is 0 Å². The first kappa shape index (κ1) is 17.1. The predicted octanol–water partition coefficient (Wildman–Crippen LogP) is 4.92. The number of nitrogens with zero attached hydrogens (tertiary/aromatic N) is 2. The Bertz CT molecular complexity index is 1140. The van der Waals surface area contributed by atoms with Crippen molar-refractivity contribution in [2.75, 3.05) is 4.90 Å². The van der Waals surface area contributed by atoms with E-state index in [1.807, 2.05) is 54.6 Å². The molecule has 1 fully saturated rings. The molecule has 0 N–H and O–H groups in total. The summed E-state index contributed by atoms with van der Waals surface area (Å²) in [5, 5.41) is 1.57. The van der Waals surface area contributed by atoms with Crippen molar-refractivity contribution >= 4 is 40.0 Å². The van der Waals surface area contributed by atoms with E-state index in [4.69, 9.17) is 11.6 Å². The number of anilines is 1. The van der Waals surface area contributed by atoms with Gasteiger partial charge in [0.2, 0.25) is 11.8 Å². The summed E-state index contributed by atoms with van der Waals surface area (Å²) in [6.07, 6.45) is 4.52. The van der Waals surface area contributed by atoms with Crippen molar-refractivity contribution in [2.24, 2.45) is 11.8 Å². The second-order valence-corrected chi connectivity index (χ2v) is 7.70. The molecule has 138 valence electrons. The van der Waals surface area contributed by atoms with Gasteiger partial charge in [-0.3, -0.25) is 14.6 Å². The van der Waals surface area contributed by atoms with Crippen LogP contribution in [0.4, 0.5) is 5.69 Å². The SMILES string of the molecule is O=C1[C@H]2CC=C(Cl)C[C@@H]2C(=O)N1c1cccc2c(-c3ccccc3)ccnc12. The van der Waals surface area contributed by atoms with Crippen molar-refractivity contribution in [2.45, 2.75) is 12.8 Å². The largest absolute Gasteiger partial charge is 0.274 e. The lowest BCUT2D eigenvalue weighted by Crippen LogP contribution is -2.31. The summed E-state index contributed by atoms with van der Waals surface area (Å²) in [5.41, 5.74) is 3.29. The van der Waals surface area contributed by atoms with Gasteiger partial charge >= 0.3 is 0 Å². The Labute approximate surface area is 167 Å². The van der Waals surface area contributed by atoms with Crippen molar-refractivity contribution < 1.29 is 9.59 Å². The van der Waals surface area contributed by atoms with Crippen LogP contribution in [0.15, 0.2) is 71.9 Å². The van der Waals surface area contributed by atoms with E-state index in [1.165, 1.54) is 4.90 Å². The van der Waals surface area contributed by atoms with Crippen LogP contribution in [-0.2, 0) is 9.59 Å². The maximum atomic E-state index is 13.1. The molecule has 1 aliphatic heterocycles. The zero-order valence-electron chi connectivity index (χ0n) is 15.0. The van der Waals surface area contributed by atoms with Crippen molar-refractivity contribution in [3.63, 3.8) is 0 Å². The van der Waals surface area contributed by atoms with Gasteiger partial charge in [-0.15, -0.1) is 0 Å². The Balaban J connectivity index is 1.65. The highest BCUT2D eigenvalue weighted by Crippen LogP contribution is 2.42. The summed E-state index contributed by atoms with van der Waals surface area (Å²) in [6, 6.07) is 17.6. The topological polar surface area (TPSA) is 50.3 Å². The molecule has 1 saturated heterocycles. The summed E-state index contributed by atoms with van der Waals surface area (Å²) in [5.74, 6) is -1.05. The van der Waals surface area contributed by atoms with Crippen LogP contribution in [-0.4, -0.2) is 16.8 Å². The summed E-state index contributed by atoms with van der Waals surface area (Å²) in [6.45, 7) is 0. The van der Waals surface area contributed by atoms with Gasteiger partial charge in [0.05, 0.1) is 23.0 Å². The molecule has 2 atom stereocenters. The number of para-hydroxylation sites is 1. The summed E-state index contributed by atoms with van der Waals surface area (Å²) in [4.78, 5) is 32.0. The van der Waals surface area contributed by atoms with Gasteiger partial charge in [-0.2, -0.15) is 0 Å². The molecule has 0 spiro atoms. The molecule has 5 heteroatoms. The first-order chi connectivity index (χ1) is 13.6. The minimum Gasteiger partial charge on any atom is -0.274 e. The smallest absolute Gasteiger partial charge is 0.238 e. The Kier molecular flexibility index (Phi) is 4.02. The van der Waals surface area contributed by atoms with E-state index < -0.39 is 0 Å². The number of amides is 2. The molecule has 0 radical (unpaired) electrons. The van der Waals surface area contributed by atoms with Crippen LogP contribution < -0.4 is 4.90 Å². The zero-order chi connectivity index (χ0) is 19.3. The third-order valence-corrected chi connectivity index (χ3v) is 5.95. The molecule has 2 heterocycles. The minimum atomic E-state index is -0.377. The molecular weight excluding hydrogens is 372 g/mol. The van der Waals surface area contributed by atoms with Crippen LogP contribution in [0.25, 0.3) is 22.0 Å². The third-order valence-electron chi connectivity index (χ3n) is 5.64. The third kappa shape index (κ3) is 2.56. The molecular formula is C23H17ClN2O2. The molecule has 2 aliphatic rings.